The summed E-state index contributed by atoms with van der Waals surface area (Å²) < 4.78 is 6.94. The Balaban J connectivity index is 2.96. The second-order valence-corrected chi connectivity index (χ2v) is 4.52. The van der Waals surface area contributed by atoms with E-state index in [1.54, 1.807) is 11.6 Å². The van der Waals surface area contributed by atoms with Crippen molar-refractivity contribution in [2.45, 2.75) is 47.3 Å². The van der Waals surface area contributed by atoms with Crippen molar-refractivity contribution >= 4 is 11.7 Å². The van der Waals surface area contributed by atoms with Crippen LogP contribution in [0.15, 0.2) is 0 Å². The Hall–Kier alpha value is -1.52. The predicted octanol–water partition coefficient (Wildman–Crippen LogP) is 1.99. The van der Waals surface area contributed by atoms with Gasteiger partial charge in [0.1, 0.15) is 6.10 Å². The molecule has 0 bridgehead atoms. The van der Waals surface area contributed by atoms with Crippen LogP contribution in [0.3, 0.4) is 0 Å². The highest BCUT2D eigenvalue weighted by Gasteiger charge is 2.23. The Morgan fingerprint density at radius 3 is 2.53 bits per heavy atom. The molecule has 5 heteroatoms. The van der Waals surface area contributed by atoms with Crippen molar-refractivity contribution in [2.75, 3.05) is 5.73 Å². The van der Waals surface area contributed by atoms with Gasteiger partial charge < -0.3 is 10.5 Å². The number of aromatic nitrogens is 2. The van der Waals surface area contributed by atoms with Gasteiger partial charge in [0.2, 0.25) is 0 Å². The smallest absolute Gasteiger partial charge is 0.359 e. The van der Waals surface area contributed by atoms with Gasteiger partial charge >= 0.3 is 5.97 Å². The predicted molar refractivity (Wildman–Crippen MR) is 66.8 cm³/mol. The van der Waals surface area contributed by atoms with Gasteiger partial charge in [-0.3, -0.25) is 4.68 Å². The Bertz CT molecular complexity index is 410. The summed E-state index contributed by atoms with van der Waals surface area (Å²) in [7, 11) is 0. The molecule has 1 rings (SSSR count). The molecule has 0 spiro atoms. The summed E-state index contributed by atoms with van der Waals surface area (Å²) in [6.07, 6.45) is -0.137. The molecule has 0 aliphatic heterocycles. The van der Waals surface area contributed by atoms with E-state index in [1.165, 1.54) is 0 Å². The van der Waals surface area contributed by atoms with Crippen LogP contribution in [0.2, 0.25) is 0 Å². The van der Waals surface area contributed by atoms with Crippen molar-refractivity contribution in [3.63, 3.8) is 0 Å². The lowest BCUT2D eigenvalue weighted by molar-refractivity contribution is 0.0225. The third kappa shape index (κ3) is 2.78. The molecule has 0 amide bonds. The molecule has 0 saturated carbocycles. The standard InChI is InChI=1S/C12H21N3O2/c1-6-15-11(10(13)8(4)14-15)12(16)17-9(5)7(2)3/h7,9H,6,13H2,1-5H3. The molecule has 0 aliphatic rings. The zero-order valence-electron chi connectivity index (χ0n) is 11.2. The van der Waals surface area contributed by atoms with Gasteiger partial charge in [-0.05, 0) is 26.7 Å². The second kappa shape index (κ2) is 5.21. The number of carbonyl (C=O) groups excluding carboxylic acids is 1. The van der Waals surface area contributed by atoms with Crippen LogP contribution in [-0.2, 0) is 11.3 Å². The van der Waals surface area contributed by atoms with Crippen LogP contribution in [0.5, 0.6) is 0 Å². The van der Waals surface area contributed by atoms with Gasteiger partial charge in [-0.1, -0.05) is 13.8 Å². The van der Waals surface area contributed by atoms with E-state index in [0.29, 0.717) is 23.6 Å². The van der Waals surface area contributed by atoms with Crippen LogP contribution >= 0.6 is 0 Å². The molecule has 17 heavy (non-hydrogen) atoms. The molecular formula is C12H21N3O2. The normalized spacial score (nSPS) is 12.8. The molecule has 2 N–H and O–H groups in total. The first kappa shape index (κ1) is 13.5. The highest BCUT2D eigenvalue weighted by Crippen LogP contribution is 2.19. The van der Waals surface area contributed by atoms with Crippen LogP contribution in [0.25, 0.3) is 0 Å². The van der Waals surface area contributed by atoms with Crippen molar-refractivity contribution in [1.82, 2.24) is 9.78 Å². The topological polar surface area (TPSA) is 70.1 Å². The number of rotatable bonds is 4. The Kier molecular flexibility index (Phi) is 4.15. The minimum Gasteiger partial charge on any atom is -0.458 e. The average molecular weight is 239 g/mol. The van der Waals surface area contributed by atoms with Crippen LogP contribution in [0, 0.1) is 12.8 Å². The van der Waals surface area contributed by atoms with Crippen LogP contribution < -0.4 is 5.73 Å². The van der Waals surface area contributed by atoms with E-state index in [-0.39, 0.29) is 12.0 Å². The SMILES string of the molecule is CCn1nc(C)c(N)c1C(=O)OC(C)C(C)C. The molecule has 1 aromatic heterocycles. The molecule has 1 atom stereocenters. The van der Waals surface area contributed by atoms with Crippen LogP contribution in [-0.4, -0.2) is 21.9 Å². The molecule has 1 unspecified atom stereocenters. The quantitative estimate of drug-likeness (QED) is 0.816. The fourth-order valence-electron chi connectivity index (χ4n) is 1.40. The molecule has 0 fully saturated rings. The maximum Gasteiger partial charge on any atom is 0.359 e. The highest BCUT2D eigenvalue weighted by molar-refractivity contribution is 5.93. The van der Waals surface area contributed by atoms with E-state index in [9.17, 15) is 4.79 Å². The maximum atomic E-state index is 12.0. The number of ether oxygens (including phenoxy) is 1. The molecule has 0 aromatic carbocycles. The fraction of sp³-hybridized carbons (Fsp3) is 0.667. The number of hydrogen-bond donors (Lipinski definition) is 1. The van der Waals surface area contributed by atoms with E-state index < -0.39 is 5.97 Å². The summed E-state index contributed by atoms with van der Waals surface area (Å²) in [5.74, 6) is -0.120. The number of hydrogen-bond acceptors (Lipinski definition) is 4. The van der Waals surface area contributed by atoms with Crippen LogP contribution in [0.4, 0.5) is 5.69 Å². The lowest BCUT2D eigenvalue weighted by Gasteiger charge is -2.17. The fourth-order valence-corrected chi connectivity index (χ4v) is 1.40. The lowest BCUT2D eigenvalue weighted by Crippen LogP contribution is -2.23. The molecular weight excluding hydrogens is 218 g/mol. The third-order valence-electron chi connectivity index (χ3n) is 2.90. The van der Waals surface area contributed by atoms with Crippen molar-refractivity contribution in [1.29, 1.82) is 0 Å². The van der Waals surface area contributed by atoms with E-state index in [2.05, 4.69) is 5.10 Å². The van der Waals surface area contributed by atoms with Gasteiger partial charge in [-0.25, -0.2) is 4.79 Å². The zero-order valence-corrected chi connectivity index (χ0v) is 11.2. The summed E-state index contributed by atoms with van der Waals surface area (Å²) >= 11 is 0. The number of nitrogens with two attached hydrogens (primary N) is 1. The van der Waals surface area contributed by atoms with Gasteiger partial charge in [-0.15, -0.1) is 0 Å². The van der Waals surface area contributed by atoms with Crippen LogP contribution in [0.1, 0.15) is 43.9 Å². The molecule has 0 aliphatic carbocycles. The number of nitrogen functional groups attached to an aromatic ring is 1. The Labute approximate surface area is 102 Å². The van der Waals surface area contributed by atoms with Crippen molar-refractivity contribution < 1.29 is 9.53 Å². The number of aryl methyl sites for hydroxylation is 2. The summed E-state index contributed by atoms with van der Waals surface area (Å²) in [6.45, 7) is 10.2. The number of anilines is 1. The van der Waals surface area contributed by atoms with Crippen molar-refractivity contribution in [3.05, 3.63) is 11.4 Å². The highest BCUT2D eigenvalue weighted by atomic mass is 16.5. The summed E-state index contributed by atoms with van der Waals surface area (Å²) in [5.41, 5.74) is 7.28. The van der Waals surface area contributed by atoms with Crippen molar-refractivity contribution in [2.24, 2.45) is 5.92 Å². The van der Waals surface area contributed by atoms with Gasteiger partial charge in [-0.2, -0.15) is 5.10 Å². The first-order valence-electron chi connectivity index (χ1n) is 5.92. The average Bonchev–Trinajstić information content (AvgIpc) is 2.54. The third-order valence-corrected chi connectivity index (χ3v) is 2.90. The zero-order chi connectivity index (χ0) is 13.2. The van der Waals surface area contributed by atoms with Gasteiger partial charge in [0.15, 0.2) is 5.69 Å². The largest absolute Gasteiger partial charge is 0.458 e. The second-order valence-electron chi connectivity index (χ2n) is 4.52. The molecule has 1 heterocycles. The first-order valence-corrected chi connectivity index (χ1v) is 5.92. The van der Waals surface area contributed by atoms with E-state index in [1.807, 2.05) is 27.7 Å². The minimum absolute atomic E-state index is 0.137. The first-order chi connectivity index (χ1) is 7.88. The molecule has 5 nitrogen and oxygen atoms in total. The number of nitrogens with zero attached hydrogens (tertiary/aromatic N) is 2. The van der Waals surface area contributed by atoms with Gasteiger partial charge in [0, 0.05) is 6.54 Å². The van der Waals surface area contributed by atoms with Crippen molar-refractivity contribution in [3.8, 4) is 0 Å². The molecule has 0 radical (unpaired) electrons. The lowest BCUT2D eigenvalue weighted by atomic mass is 10.1. The van der Waals surface area contributed by atoms with E-state index in [0.717, 1.165) is 0 Å². The molecule has 96 valence electrons. The Morgan fingerprint density at radius 2 is 2.06 bits per heavy atom. The Morgan fingerprint density at radius 1 is 1.47 bits per heavy atom. The summed E-state index contributed by atoms with van der Waals surface area (Å²) in [4.78, 5) is 12.0. The molecule has 1 aromatic rings. The number of esters is 1. The molecule has 0 saturated heterocycles. The monoisotopic (exact) mass is 239 g/mol. The van der Waals surface area contributed by atoms with E-state index in [4.69, 9.17) is 10.5 Å². The van der Waals surface area contributed by atoms with Gasteiger partial charge in [0.05, 0.1) is 11.4 Å². The van der Waals surface area contributed by atoms with E-state index >= 15 is 0 Å². The van der Waals surface area contributed by atoms with Gasteiger partial charge in [0.25, 0.3) is 0 Å². The number of carbonyl (C=O) groups is 1. The maximum absolute atomic E-state index is 12.0. The summed E-state index contributed by atoms with van der Waals surface area (Å²) in [6, 6.07) is 0. The summed E-state index contributed by atoms with van der Waals surface area (Å²) in [5, 5.41) is 4.19. The minimum atomic E-state index is -0.397.